The molecule has 12 heterocycles. The fourth-order valence-electron chi connectivity index (χ4n) is 19.8. The summed E-state index contributed by atoms with van der Waals surface area (Å²) in [5.41, 5.74) is 1.63. The van der Waals surface area contributed by atoms with Gasteiger partial charge in [0.15, 0.2) is 0 Å². The molecule has 0 saturated carbocycles. The van der Waals surface area contributed by atoms with E-state index >= 15 is 0 Å². The number of hydrogen-bond donors (Lipinski definition) is 0. The number of methoxy groups -OCH3 is 3. The van der Waals surface area contributed by atoms with Crippen LogP contribution in [0.15, 0.2) is 12.1 Å². The first kappa shape index (κ1) is 180. The quantitative estimate of drug-likeness (QED) is 0.118. The van der Waals surface area contributed by atoms with Crippen molar-refractivity contribution >= 4 is 55.4 Å². The number of ether oxygens (including phenoxy) is 23. The van der Waals surface area contributed by atoms with Crippen molar-refractivity contribution in [1.82, 2.24) is 0 Å². The van der Waals surface area contributed by atoms with Gasteiger partial charge in [-0.2, -0.15) is 0 Å². The molecule has 904 valence electrons. The Bertz CT molecular complexity index is 3100. The largest absolute Gasteiger partial charge is 0.496 e. The second kappa shape index (κ2) is 83.0. The van der Waals surface area contributed by atoms with E-state index in [2.05, 4.69) is 296 Å². The summed E-state index contributed by atoms with van der Waals surface area (Å²) in [7, 11) is 21.3. The fourth-order valence-corrected chi connectivity index (χ4v) is 22.2. The van der Waals surface area contributed by atoms with Crippen LogP contribution in [-0.2, 0) is 104 Å². The van der Waals surface area contributed by atoms with Crippen LogP contribution in [0.25, 0.3) is 0 Å². The van der Waals surface area contributed by atoms with Gasteiger partial charge in [0.2, 0.25) is 34.7 Å². The third-order valence-electron chi connectivity index (χ3n) is 32.1. The van der Waals surface area contributed by atoms with E-state index in [1.807, 2.05) is 13.8 Å². The summed E-state index contributed by atoms with van der Waals surface area (Å²) in [6, 6.07) is 4.26. The van der Waals surface area contributed by atoms with E-state index in [9.17, 15) is 0 Å². The van der Waals surface area contributed by atoms with Gasteiger partial charge in [0, 0.05) is 493 Å². The molecule has 41 heteroatoms. The molecule has 4 spiro atoms. The summed E-state index contributed by atoms with van der Waals surface area (Å²) in [6.45, 7) is 76.4. The number of hydrogen-bond acceptors (Lipinski definition) is 23. The first-order chi connectivity index (χ1) is 63.8. The predicted molar refractivity (Wildman–Crippen MR) is 577 cm³/mol. The van der Waals surface area contributed by atoms with Crippen LogP contribution in [0.1, 0.15) is 380 Å². The zero-order valence-electron chi connectivity index (χ0n) is 98.1. The van der Waals surface area contributed by atoms with E-state index in [1.165, 1.54) is 16.7 Å². The van der Waals surface area contributed by atoms with Gasteiger partial charge in [-0.25, -0.2) is 0 Å². The van der Waals surface area contributed by atoms with Crippen LogP contribution >= 0.6 is 55.4 Å². The van der Waals surface area contributed by atoms with E-state index in [-0.39, 0.29) is 607 Å². The molecule has 12 fully saturated rings. The molecule has 13 unspecified atom stereocenters. The van der Waals surface area contributed by atoms with Crippen LogP contribution in [-0.4, -0.2) is 273 Å². The number of fused-ring (bicyclic) bond motifs is 2. The van der Waals surface area contributed by atoms with E-state index < -0.39 is 34.7 Å². The number of benzene rings is 1. The molecule has 0 radical (unpaired) electrons. The molecule has 1 aromatic rings. The summed E-state index contributed by atoms with van der Waals surface area (Å²) < 4.78 is 140. The van der Waals surface area contributed by atoms with Crippen molar-refractivity contribution in [3.05, 3.63) is 28.8 Å². The summed E-state index contributed by atoms with van der Waals surface area (Å²) in [6.07, 6.45) is 30.6. The van der Waals surface area contributed by atoms with E-state index in [0.717, 1.165) is 210 Å². The first-order valence-corrected chi connectivity index (χ1v) is 58.0. The van der Waals surface area contributed by atoms with Gasteiger partial charge in [-0.1, -0.05) is 86.9 Å². The zero-order chi connectivity index (χ0) is 104. The van der Waals surface area contributed by atoms with Gasteiger partial charge in [-0.3, -0.25) is 0 Å². The second-order valence-electron chi connectivity index (χ2n) is 44.6. The monoisotopic (exact) mass is 2540 g/mol. The van der Waals surface area contributed by atoms with Gasteiger partial charge in [-0.15, -0.1) is 55.4 Å². The summed E-state index contributed by atoms with van der Waals surface area (Å²) in [5, 5.41) is 0. The Morgan fingerprint density at radius 2 is 0.362 bits per heavy atom. The minimum atomic E-state index is -0.867. The average Bonchev–Trinajstić information content (AvgIpc) is 0.728. The predicted octanol–water partition coefficient (Wildman–Crippen LogP) is 24.2. The Balaban J connectivity index is -0.000000249. The van der Waals surface area contributed by atoms with Gasteiger partial charge in [0.1, 0.15) is 5.75 Å². The zero-order valence-corrected chi connectivity index (χ0v) is 114. The first-order valence-electron chi connectivity index (χ1n) is 53.1. The van der Waals surface area contributed by atoms with Crippen molar-refractivity contribution in [3.8, 4) is 5.75 Å². The number of aryl methyl sites for hydroxylation is 3. The maximum absolute atomic E-state index is 6.49. The molecule has 0 aliphatic carbocycles. The van der Waals surface area contributed by atoms with Crippen molar-refractivity contribution < 1.29 is 562 Å². The molecule has 28 atom stereocenters. The van der Waals surface area contributed by atoms with Crippen LogP contribution < -0.4 is 4.74 Å². The van der Waals surface area contributed by atoms with Crippen LogP contribution in [0, 0.1) is 474 Å². The molecule has 0 N–H and O–H groups in total. The third-order valence-corrected chi connectivity index (χ3v) is 34.9. The van der Waals surface area contributed by atoms with E-state index in [4.69, 9.17) is 109 Å². The van der Waals surface area contributed by atoms with Crippen molar-refractivity contribution in [2.75, 3.05) is 84.7 Å². The molecular formula is C108H208Ar12O23P6. The molecule has 12 saturated heterocycles. The van der Waals surface area contributed by atoms with Gasteiger partial charge in [0.25, 0.3) is 0 Å². The van der Waals surface area contributed by atoms with Crippen molar-refractivity contribution in [2.45, 2.75) is 572 Å². The Hall–Kier alpha value is 15.8. The maximum atomic E-state index is 6.49. The Labute approximate surface area is 1280 Å². The summed E-state index contributed by atoms with van der Waals surface area (Å²) in [5.74, 6) is -3.40. The molecule has 13 rings (SSSR count). The Morgan fingerprint density at radius 1 is 0.221 bits per heavy atom. The van der Waals surface area contributed by atoms with Crippen LogP contribution in [0.5, 0.6) is 5.75 Å². The molecule has 12 aliphatic heterocycles. The number of rotatable bonds is 19. The van der Waals surface area contributed by atoms with Gasteiger partial charge < -0.3 is 109 Å². The van der Waals surface area contributed by atoms with Crippen molar-refractivity contribution in [3.63, 3.8) is 0 Å². The molecule has 0 aromatic heterocycles. The topological polar surface area (TPSA) is 212 Å². The molecule has 0 bridgehead atoms. The summed E-state index contributed by atoms with van der Waals surface area (Å²) >= 11 is 0. The van der Waals surface area contributed by atoms with Crippen LogP contribution in [0.4, 0.5) is 0 Å². The fraction of sp³-hybridized carbons (Fsp3) is 0.944. The SMILES string of the molecule is CC1(C)OC(CP)[C@H](CP)OC1(C)C.CC1(C)OC(CP)[C@H](CP)OC1(C)C.CC1(C)OC(CP)[C@H](CP)OC1(C)C.CCC1OC(C)(C)C(C)(C)O[C@H]1CC.CCC1OC(C)(C)C(C)(C)O[C@H]1CC.CCC1OC2(CCCCO2)[C@@]2(CCCCO2)O[C@H]1CC.CC[C@H]1O[C@@](C)(OC)[C@](C)(OC)O[C@@H]1CC.CC[C@H]1O[C@]2(CCCCO2)[C@@]2(CCCCO2)O[C@@H]1CC.COc1c(C)cc(C)cc1C.[Ar].[Ar].[Ar].[Ar].[Ar].[Ar].[Ar].[Ar].[Ar].[Ar].[Ar].[Ar]. The van der Waals surface area contributed by atoms with E-state index in [0.29, 0.717) is 0 Å². The molecule has 12 aliphatic rings. The van der Waals surface area contributed by atoms with Crippen LogP contribution in [0.2, 0.25) is 0 Å². The Morgan fingerprint density at radius 3 is 0.483 bits per heavy atom. The second-order valence-corrected chi connectivity index (χ2v) is 47.4. The minimum absolute atomic E-state index is 0. The average molecular weight is 2540 g/mol. The molecule has 0 amide bonds. The van der Waals surface area contributed by atoms with Gasteiger partial charge in [0.05, 0.1) is 187 Å². The molecule has 23 nitrogen and oxygen atoms in total. The maximum Gasteiger partial charge on any atom is 0.224 e. The smallest absolute Gasteiger partial charge is 0.224 e. The van der Waals surface area contributed by atoms with Gasteiger partial charge in [-0.05, 0) is 337 Å². The minimum Gasteiger partial charge on any atom is -0.496 e. The van der Waals surface area contributed by atoms with Gasteiger partial charge >= 0.3 is 0 Å². The molecular weight excluding hydrogens is 2330 g/mol. The van der Waals surface area contributed by atoms with Crippen LogP contribution in [0.3, 0.4) is 0 Å². The van der Waals surface area contributed by atoms with E-state index in [1.54, 1.807) is 21.3 Å². The molecule has 1 aromatic carbocycles. The Kier molecular flexibility index (Phi) is 100. The summed E-state index contributed by atoms with van der Waals surface area (Å²) in [4.78, 5) is 0. The third kappa shape index (κ3) is 49.0. The van der Waals surface area contributed by atoms with Crippen molar-refractivity contribution in [1.29, 1.82) is 0 Å². The normalized spacial score (nSPS) is 34.6. The molecule has 149 heavy (non-hydrogen) atoms. The van der Waals surface area contributed by atoms with Crippen molar-refractivity contribution in [2.24, 2.45) is 0 Å². The standard InChI is InChI=1S/2C16H28O4.C12H24O4.2C12H24O2.3C10H22O2P2.C10H14O.12Ar/c2*1-3-13-14(4-2)20-16(10-6-8-12-18-16)15(19-13)9-5-7-11-17-15;1-7-9-10(8-2)16-12(4,14-6)11(3,13-5)15-9;2*1-7-9-10(8-2)14-12(5,6)11(3,4)13-9;3*1-9(2)10(3,4)12-8(6-14)7(5-13)11-9;1-7-5-8(2)10(11-4)9(3)6-7;;;;;;;;;;;;/h2*13-14H,3-12H2,1-2H3;9-10H,7-8H2,1-6H3;2*9-10H,7-8H2,1-6H3;3*7-8H,5-6,13-14H2,1-4H3;5-6H,1-4H3;;;;;;;;;;;;/t13-,14?,15+,16?;13-,14-,15-,16-;9-,10-,11-,12-;2*9-,10?;3*7-,8?;;;;;;;;;;;;;/m01100000............./s1.